The molecule has 1 fully saturated rings. The Balaban J connectivity index is 1.59. The standard InChI is InChI=1S/C19H23ClN4O2/c1-26-22-19(15-5-7-16(20)8-6-15)17(25)14-23-10-12-24(13-11-23)18-4-2-3-9-21-18/h2-9,17,25H,10-14H2,1H3/b22-19+. The highest BCUT2D eigenvalue weighted by atomic mass is 35.5. The van der Waals surface area contributed by atoms with Gasteiger partial charge in [0.2, 0.25) is 0 Å². The summed E-state index contributed by atoms with van der Waals surface area (Å²) in [5.41, 5.74) is 1.31. The van der Waals surface area contributed by atoms with Crippen LogP contribution in [0.5, 0.6) is 0 Å². The number of oxime groups is 1. The van der Waals surface area contributed by atoms with Crippen LogP contribution in [0.3, 0.4) is 0 Å². The Bertz CT molecular complexity index is 716. The van der Waals surface area contributed by atoms with Crippen LogP contribution in [-0.4, -0.2) is 66.6 Å². The molecule has 1 atom stereocenters. The van der Waals surface area contributed by atoms with Crippen LogP contribution in [-0.2, 0) is 4.84 Å². The molecule has 0 saturated carbocycles. The first-order chi connectivity index (χ1) is 12.7. The number of hydrogen-bond donors (Lipinski definition) is 1. The lowest BCUT2D eigenvalue weighted by molar-refractivity contribution is 0.146. The molecule has 138 valence electrons. The van der Waals surface area contributed by atoms with Gasteiger partial charge in [0.15, 0.2) is 0 Å². The minimum Gasteiger partial charge on any atom is -0.399 e. The second kappa shape index (κ2) is 8.98. The number of rotatable bonds is 6. The van der Waals surface area contributed by atoms with Gasteiger partial charge in [-0.15, -0.1) is 0 Å². The van der Waals surface area contributed by atoms with E-state index < -0.39 is 6.10 Å². The van der Waals surface area contributed by atoms with E-state index in [0.717, 1.165) is 37.6 Å². The largest absolute Gasteiger partial charge is 0.399 e. The van der Waals surface area contributed by atoms with Crippen molar-refractivity contribution in [3.05, 3.63) is 59.2 Å². The fourth-order valence-corrected chi connectivity index (χ4v) is 3.18. The van der Waals surface area contributed by atoms with Crippen LogP contribution in [0.15, 0.2) is 53.8 Å². The number of benzene rings is 1. The molecule has 6 nitrogen and oxygen atoms in total. The first-order valence-electron chi connectivity index (χ1n) is 8.61. The number of piperazine rings is 1. The summed E-state index contributed by atoms with van der Waals surface area (Å²) in [4.78, 5) is 13.8. The average molecular weight is 375 g/mol. The van der Waals surface area contributed by atoms with Crippen molar-refractivity contribution in [1.82, 2.24) is 9.88 Å². The molecule has 0 amide bonds. The van der Waals surface area contributed by atoms with E-state index in [-0.39, 0.29) is 0 Å². The SMILES string of the molecule is CO/N=C(\c1ccc(Cl)cc1)C(O)CN1CCN(c2ccccn2)CC1. The molecule has 1 aliphatic rings. The third kappa shape index (κ3) is 4.72. The molecule has 1 N–H and O–H groups in total. The van der Waals surface area contributed by atoms with Gasteiger partial charge in [0.25, 0.3) is 0 Å². The monoisotopic (exact) mass is 374 g/mol. The fourth-order valence-electron chi connectivity index (χ4n) is 3.06. The number of aliphatic hydroxyl groups is 1. The van der Waals surface area contributed by atoms with Crippen molar-refractivity contribution in [1.29, 1.82) is 0 Å². The zero-order valence-electron chi connectivity index (χ0n) is 14.8. The Morgan fingerprint density at radius 3 is 2.54 bits per heavy atom. The minimum atomic E-state index is -0.738. The number of pyridine rings is 1. The van der Waals surface area contributed by atoms with Gasteiger partial charge >= 0.3 is 0 Å². The summed E-state index contributed by atoms with van der Waals surface area (Å²) in [5, 5.41) is 15.4. The van der Waals surface area contributed by atoms with Gasteiger partial charge in [-0.3, -0.25) is 4.90 Å². The minimum absolute atomic E-state index is 0.501. The number of nitrogens with zero attached hydrogens (tertiary/aromatic N) is 4. The predicted molar refractivity (Wildman–Crippen MR) is 104 cm³/mol. The molecule has 0 bridgehead atoms. The molecule has 0 radical (unpaired) electrons. The van der Waals surface area contributed by atoms with Crippen molar-refractivity contribution in [3.8, 4) is 0 Å². The molecule has 2 aromatic rings. The molecule has 0 aliphatic carbocycles. The van der Waals surface area contributed by atoms with Gasteiger partial charge in [-0.1, -0.05) is 35.0 Å². The van der Waals surface area contributed by atoms with Gasteiger partial charge in [-0.05, 0) is 24.3 Å². The van der Waals surface area contributed by atoms with Crippen LogP contribution in [0, 0.1) is 0 Å². The molecule has 1 aliphatic heterocycles. The summed E-state index contributed by atoms with van der Waals surface area (Å²) < 4.78 is 0. The molecule has 1 unspecified atom stereocenters. The summed E-state index contributed by atoms with van der Waals surface area (Å²) in [6, 6.07) is 13.2. The topological polar surface area (TPSA) is 61.2 Å². The molecule has 2 heterocycles. The lowest BCUT2D eigenvalue weighted by atomic mass is 10.0. The van der Waals surface area contributed by atoms with Crippen LogP contribution in [0.1, 0.15) is 5.56 Å². The predicted octanol–water partition coefficient (Wildman–Crippen LogP) is 2.27. The smallest absolute Gasteiger partial charge is 0.128 e. The van der Waals surface area contributed by atoms with Gasteiger partial charge in [0.05, 0.1) is 0 Å². The molecular weight excluding hydrogens is 352 g/mol. The third-order valence-electron chi connectivity index (χ3n) is 4.42. The van der Waals surface area contributed by atoms with Gasteiger partial charge in [0.1, 0.15) is 24.7 Å². The summed E-state index contributed by atoms with van der Waals surface area (Å²) in [6.45, 7) is 3.97. The van der Waals surface area contributed by atoms with Crippen LogP contribution in [0.4, 0.5) is 5.82 Å². The van der Waals surface area contributed by atoms with Gasteiger partial charge in [0, 0.05) is 49.5 Å². The zero-order chi connectivity index (χ0) is 18.4. The molecular formula is C19H23ClN4O2. The Morgan fingerprint density at radius 2 is 1.92 bits per heavy atom. The number of hydrogen-bond acceptors (Lipinski definition) is 6. The van der Waals surface area contributed by atoms with Gasteiger partial charge in [-0.2, -0.15) is 0 Å². The van der Waals surface area contributed by atoms with Crippen LogP contribution >= 0.6 is 11.6 Å². The maximum absolute atomic E-state index is 10.7. The Kier molecular flexibility index (Phi) is 6.44. The lowest BCUT2D eigenvalue weighted by Crippen LogP contribution is -2.50. The molecule has 0 spiro atoms. The number of anilines is 1. The van der Waals surface area contributed by atoms with Crippen molar-refractivity contribution in [2.24, 2.45) is 5.16 Å². The number of β-amino-alcohol motifs (C(OH)–C–C–N with tert-alkyl or cyclic N) is 1. The van der Waals surface area contributed by atoms with Crippen LogP contribution in [0.2, 0.25) is 5.02 Å². The molecule has 3 rings (SSSR count). The Hall–Kier alpha value is -2.15. The summed E-state index contributed by atoms with van der Waals surface area (Å²) in [5.74, 6) is 0.996. The van der Waals surface area contributed by atoms with E-state index in [0.29, 0.717) is 17.3 Å². The summed E-state index contributed by atoms with van der Waals surface area (Å²) in [6.07, 6.45) is 1.07. The maximum Gasteiger partial charge on any atom is 0.128 e. The van der Waals surface area contributed by atoms with E-state index >= 15 is 0 Å². The van der Waals surface area contributed by atoms with Crippen molar-refractivity contribution in [2.45, 2.75) is 6.10 Å². The van der Waals surface area contributed by atoms with Gasteiger partial charge < -0.3 is 14.8 Å². The Morgan fingerprint density at radius 1 is 1.19 bits per heavy atom. The van der Waals surface area contributed by atoms with E-state index in [1.165, 1.54) is 7.11 Å². The van der Waals surface area contributed by atoms with Crippen LogP contribution in [0.25, 0.3) is 0 Å². The second-order valence-electron chi connectivity index (χ2n) is 6.16. The summed E-state index contributed by atoms with van der Waals surface area (Å²) >= 11 is 5.94. The Labute approximate surface area is 158 Å². The molecule has 1 saturated heterocycles. The van der Waals surface area contributed by atoms with E-state index in [9.17, 15) is 5.11 Å². The number of aliphatic hydroxyl groups excluding tert-OH is 1. The van der Waals surface area contributed by atoms with Crippen molar-refractivity contribution >= 4 is 23.1 Å². The highest BCUT2D eigenvalue weighted by molar-refractivity contribution is 6.30. The first kappa shape index (κ1) is 18.6. The van der Waals surface area contributed by atoms with E-state index in [1.807, 2.05) is 36.5 Å². The molecule has 7 heteroatoms. The second-order valence-corrected chi connectivity index (χ2v) is 6.59. The number of aromatic nitrogens is 1. The van der Waals surface area contributed by atoms with E-state index in [2.05, 4.69) is 19.9 Å². The quantitative estimate of drug-likeness (QED) is 0.621. The first-order valence-corrected chi connectivity index (χ1v) is 8.98. The molecule has 1 aromatic carbocycles. The maximum atomic E-state index is 10.7. The molecule has 1 aromatic heterocycles. The van der Waals surface area contributed by atoms with Crippen LogP contribution < -0.4 is 4.90 Å². The van der Waals surface area contributed by atoms with E-state index in [4.69, 9.17) is 16.4 Å². The van der Waals surface area contributed by atoms with Crippen molar-refractivity contribution < 1.29 is 9.94 Å². The highest BCUT2D eigenvalue weighted by Gasteiger charge is 2.23. The van der Waals surface area contributed by atoms with Crippen molar-refractivity contribution in [2.75, 3.05) is 44.7 Å². The fraction of sp³-hybridized carbons (Fsp3) is 0.368. The van der Waals surface area contributed by atoms with Gasteiger partial charge in [-0.25, -0.2) is 4.98 Å². The van der Waals surface area contributed by atoms with Crippen molar-refractivity contribution in [3.63, 3.8) is 0 Å². The third-order valence-corrected chi connectivity index (χ3v) is 4.67. The zero-order valence-corrected chi connectivity index (χ0v) is 15.5. The van der Waals surface area contributed by atoms with E-state index in [1.54, 1.807) is 12.1 Å². The lowest BCUT2D eigenvalue weighted by Gasteiger charge is -2.36. The highest BCUT2D eigenvalue weighted by Crippen LogP contribution is 2.15. The summed E-state index contributed by atoms with van der Waals surface area (Å²) in [7, 11) is 1.48. The average Bonchev–Trinajstić information content (AvgIpc) is 2.68. The normalized spacial score (nSPS) is 17.2. The molecule has 26 heavy (non-hydrogen) atoms. The number of halogens is 1.